The first-order valence-corrected chi connectivity index (χ1v) is 7.18. The first-order valence-electron chi connectivity index (χ1n) is 7.18. The van der Waals surface area contributed by atoms with Crippen molar-refractivity contribution in [3.05, 3.63) is 30.3 Å². The van der Waals surface area contributed by atoms with Crippen LogP contribution in [-0.4, -0.2) is 50.2 Å². The van der Waals surface area contributed by atoms with Gasteiger partial charge in [0.05, 0.1) is 0 Å². The molecule has 1 aromatic rings. The maximum Gasteiger partial charge on any atom is 0.0417 e. The molecule has 0 radical (unpaired) electrons. The van der Waals surface area contributed by atoms with Crippen LogP contribution in [0.1, 0.15) is 12.8 Å². The highest BCUT2D eigenvalue weighted by Gasteiger charge is 2.26. The van der Waals surface area contributed by atoms with E-state index in [0.29, 0.717) is 6.04 Å². The molecule has 0 bridgehead atoms. The Morgan fingerprint density at radius 3 is 2.61 bits per heavy atom. The van der Waals surface area contributed by atoms with E-state index in [1.165, 1.54) is 44.7 Å². The van der Waals surface area contributed by atoms with E-state index in [-0.39, 0.29) is 0 Å². The summed E-state index contributed by atoms with van der Waals surface area (Å²) in [7, 11) is 0. The fourth-order valence-corrected chi connectivity index (χ4v) is 3.18. The molecule has 2 fully saturated rings. The summed E-state index contributed by atoms with van der Waals surface area (Å²) in [6.45, 7) is 7.17. The van der Waals surface area contributed by atoms with Gasteiger partial charge in [0.1, 0.15) is 0 Å². The van der Waals surface area contributed by atoms with Crippen molar-refractivity contribution in [1.82, 2.24) is 10.2 Å². The zero-order valence-corrected chi connectivity index (χ0v) is 11.0. The van der Waals surface area contributed by atoms with Gasteiger partial charge in [-0.1, -0.05) is 18.2 Å². The molecular weight excluding hydrogens is 222 g/mol. The standard InChI is InChI=1S/C15H23N3/c1-2-5-14(6-3-1)18-10-4-7-15(18)13-17-11-8-16-9-12-17/h1-3,5-6,15-16H,4,7-13H2. The van der Waals surface area contributed by atoms with Gasteiger partial charge in [-0.15, -0.1) is 0 Å². The second-order valence-corrected chi connectivity index (χ2v) is 5.38. The molecule has 3 nitrogen and oxygen atoms in total. The Hall–Kier alpha value is -1.06. The molecule has 3 rings (SSSR count). The Morgan fingerprint density at radius 2 is 1.83 bits per heavy atom. The third-order valence-corrected chi connectivity index (χ3v) is 4.14. The summed E-state index contributed by atoms with van der Waals surface area (Å²) in [5.74, 6) is 0. The van der Waals surface area contributed by atoms with Crippen molar-refractivity contribution in [2.45, 2.75) is 18.9 Å². The van der Waals surface area contributed by atoms with E-state index in [2.05, 4.69) is 45.4 Å². The van der Waals surface area contributed by atoms with Gasteiger partial charge in [-0.05, 0) is 25.0 Å². The number of hydrogen-bond acceptors (Lipinski definition) is 3. The number of nitrogens with one attached hydrogen (secondary N) is 1. The third-order valence-electron chi connectivity index (χ3n) is 4.14. The summed E-state index contributed by atoms with van der Waals surface area (Å²) in [4.78, 5) is 5.21. The average Bonchev–Trinajstić information content (AvgIpc) is 2.89. The molecule has 2 heterocycles. The lowest BCUT2D eigenvalue weighted by Crippen LogP contribution is -2.48. The van der Waals surface area contributed by atoms with E-state index < -0.39 is 0 Å². The Morgan fingerprint density at radius 1 is 1.06 bits per heavy atom. The molecule has 0 aromatic heterocycles. The van der Waals surface area contributed by atoms with E-state index in [0.717, 1.165) is 13.1 Å². The maximum atomic E-state index is 3.43. The fraction of sp³-hybridized carbons (Fsp3) is 0.600. The van der Waals surface area contributed by atoms with Crippen LogP contribution in [0.4, 0.5) is 5.69 Å². The minimum Gasteiger partial charge on any atom is -0.367 e. The minimum absolute atomic E-state index is 0.713. The van der Waals surface area contributed by atoms with Gasteiger partial charge in [0.15, 0.2) is 0 Å². The summed E-state index contributed by atoms with van der Waals surface area (Å²) >= 11 is 0. The molecule has 3 heteroatoms. The zero-order valence-electron chi connectivity index (χ0n) is 11.0. The Kier molecular flexibility index (Phi) is 3.81. The van der Waals surface area contributed by atoms with E-state index in [9.17, 15) is 0 Å². The maximum absolute atomic E-state index is 3.43. The highest BCUT2D eigenvalue weighted by molar-refractivity contribution is 5.48. The minimum atomic E-state index is 0.713. The molecule has 1 unspecified atom stereocenters. The zero-order chi connectivity index (χ0) is 12.2. The Bertz CT molecular complexity index is 359. The molecule has 2 aliphatic heterocycles. The fourth-order valence-electron chi connectivity index (χ4n) is 3.18. The third kappa shape index (κ3) is 2.68. The second-order valence-electron chi connectivity index (χ2n) is 5.38. The van der Waals surface area contributed by atoms with Crippen molar-refractivity contribution >= 4 is 5.69 Å². The van der Waals surface area contributed by atoms with Gasteiger partial charge in [-0.25, -0.2) is 0 Å². The second kappa shape index (κ2) is 5.72. The molecule has 0 amide bonds. The summed E-state index contributed by atoms with van der Waals surface area (Å²) in [5, 5.41) is 3.43. The molecular formula is C15H23N3. The lowest BCUT2D eigenvalue weighted by atomic mass is 10.2. The number of para-hydroxylation sites is 1. The SMILES string of the molecule is c1ccc(N2CCCC2CN2CCNCC2)cc1. The molecule has 2 aliphatic rings. The number of benzene rings is 1. The Labute approximate surface area is 110 Å². The summed E-state index contributed by atoms with van der Waals surface area (Å²) in [6.07, 6.45) is 2.68. The summed E-state index contributed by atoms with van der Waals surface area (Å²) in [6, 6.07) is 11.6. The van der Waals surface area contributed by atoms with Crippen molar-refractivity contribution in [2.75, 3.05) is 44.2 Å². The first-order chi connectivity index (χ1) is 8.93. The van der Waals surface area contributed by atoms with Gasteiger partial charge in [0, 0.05) is 51.0 Å². The molecule has 1 atom stereocenters. The van der Waals surface area contributed by atoms with Crippen LogP contribution in [0, 0.1) is 0 Å². The van der Waals surface area contributed by atoms with Crippen molar-refractivity contribution in [1.29, 1.82) is 0 Å². The van der Waals surface area contributed by atoms with E-state index in [1.54, 1.807) is 0 Å². The van der Waals surface area contributed by atoms with Gasteiger partial charge < -0.3 is 10.2 Å². The normalized spacial score (nSPS) is 25.6. The van der Waals surface area contributed by atoms with Crippen LogP contribution in [0.2, 0.25) is 0 Å². The van der Waals surface area contributed by atoms with E-state index in [4.69, 9.17) is 0 Å². The smallest absolute Gasteiger partial charge is 0.0417 e. The number of rotatable bonds is 3. The van der Waals surface area contributed by atoms with Crippen molar-refractivity contribution < 1.29 is 0 Å². The molecule has 0 aliphatic carbocycles. The molecule has 0 saturated carbocycles. The lowest BCUT2D eigenvalue weighted by Gasteiger charge is -2.34. The van der Waals surface area contributed by atoms with Crippen LogP contribution in [0.25, 0.3) is 0 Å². The largest absolute Gasteiger partial charge is 0.367 e. The highest BCUT2D eigenvalue weighted by atomic mass is 15.3. The predicted molar refractivity (Wildman–Crippen MR) is 76.1 cm³/mol. The van der Waals surface area contributed by atoms with Crippen molar-refractivity contribution in [3.8, 4) is 0 Å². The van der Waals surface area contributed by atoms with Crippen LogP contribution < -0.4 is 10.2 Å². The highest BCUT2D eigenvalue weighted by Crippen LogP contribution is 2.25. The van der Waals surface area contributed by atoms with Gasteiger partial charge >= 0.3 is 0 Å². The molecule has 1 N–H and O–H groups in total. The van der Waals surface area contributed by atoms with Crippen LogP contribution in [0.15, 0.2) is 30.3 Å². The van der Waals surface area contributed by atoms with Crippen LogP contribution in [0.3, 0.4) is 0 Å². The monoisotopic (exact) mass is 245 g/mol. The molecule has 0 spiro atoms. The first kappa shape index (κ1) is 12.0. The topological polar surface area (TPSA) is 18.5 Å². The predicted octanol–water partition coefficient (Wildman–Crippen LogP) is 1.56. The number of nitrogens with zero attached hydrogens (tertiary/aromatic N) is 2. The molecule has 1 aromatic carbocycles. The number of anilines is 1. The molecule has 18 heavy (non-hydrogen) atoms. The van der Waals surface area contributed by atoms with Gasteiger partial charge in [-0.3, -0.25) is 4.90 Å². The quantitative estimate of drug-likeness (QED) is 0.872. The molecule has 98 valence electrons. The lowest BCUT2D eigenvalue weighted by molar-refractivity contribution is 0.227. The van der Waals surface area contributed by atoms with Crippen LogP contribution in [-0.2, 0) is 0 Å². The van der Waals surface area contributed by atoms with Crippen molar-refractivity contribution in [2.24, 2.45) is 0 Å². The van der Waals surface area contributed by atoms with E-state index >= 15 is 0 Å². The Balaban J connectivity index is 1.64. The summed E-state index contributed by atoms with van der Waals surface area (Å²) < 4.78 is 0. The average molecular weight is 245 g/mol. The summed E-state index contributed by atoms with van der Waals surface area (Å²) in [5.41, 5.74) is 1.40. The number of hydrogen-bond donors (Lipinski definition) is 1. The number of piperazine rings is 1. The van der Waals surface area contributed by atoms with Crippen LogP contribution >= 0.6 is 0 Å². The van der Waals surface area contributed by atoms with Crippen molar-refractivity contribution in [3.63, 3.8) is 0 Å². The van der Waals surface area contributed by atoms with Crippen LogP contribution in [0.5, 0.6) is 0 Å². The molecule has 2 saturated heterocycles. The van der Waals surface area contributed by atoms with Gasteiger partial charge in [-0.2, -0.15) is 0 Å². The van der Waals surface area contributed by atoms with Gasteiger partial charge in [0.2, 0.25) is 0 Å². The van der Waals surface area contributed by atoms with Gasteiger partial charge in [0.25, 0.3) is 0 Å². The van der Waals surface area contributed by atoms with E-state index in [1.807, 2.05) is 0 Å².